The predicted molar refractivity (Wildman–Crippen MR) is 146 cm³/mol. The first kappa shape index (κ1) is 24.6. The fourth-order valence-corrected chi connectivity index (χ4v) is 6.25. The van der Waals surface area contributed by atoms with Gasteiger partial charge in [0.2, 0.25) is 0 Å². The molecule has 1 aliphatic heterocycles. The quantitative estimate of drug-likeness (QED) is 0.299. The number of nitrogens with zero attached hydrogens (tertiary/aromatic N) is 2. The van der Waals surface area contributed by atoms with Crippen molar-refractivity contribution in [3.8, 4) is 16.2 Å². The molecule has 0 spiro atoms. The fourth-order valence-electron chi connectivity index (χ4n) is 5.02. The van der Waals surface area contributed by atoms with Crippen molar-refractivity contribution >= 4 is 34.1 Å². The van der Waals surface area contributed by atoms with Crippen molar-refractivity contribution in [1.29, 1.82) is 0 Å². The third-order valence-electron chi connectivity index (χ3n) is 7.20. The summed E-state index contributed by atoms with van der Waals surface area (Å²) in [5.41, 5.74) is 1.22. The van der Waals surface area contributed by atoms with Crippen LogP contribution in [0, 0.1) is 5.82 Å². The van der Waals surface area contributed by atoms with Crippen LogP contribution in [0.1, 0.15) is 53.5 Å². The topological polar surface area (TPSA) is 71.5 Å². The number of carbonyl (C=O) groups is 2. The summed E-state index contributed by atoms with van der Waals surface area (Å²) < 4.78 is 19.2. The molecule has 4 aromatic rings. The number of ether oxygens (including phenoxy) is 1. The Labute approximate surface area is 224 Å². The van der Waals surface area contributed by atoms with Crippen molar-refractivity contribution < 1.29 is 18.7 Å². The van der Waals surface area contributed by atoms with Gasteiger partial charge in [-0.2, -0.15) is 0 Å². The lowest BCUT2D eigenvalue weighted by Crippen LogP contribution is -2.50. The number of aromatic nitrogens is 1. The Morgan fingerprint density at radius 3 is 2.61 bits per heavy atom. The Kier molecular flexibility index (Phi) is 6.81. The third kappa shape index (κ3) is 5.13. The van der Waals surface area contributed by atoms with E-state index >= 15 is 0 Å². The molecule has 2 aliphatic rings. The first-order valence-corrected chi connectivity index (χ1v) is 13.9. The Morgan fingerprint density at radius 1 is 1.00 bits per heavy atom. The van der Waals surface area contributed by atoms with Gasteiger partial charge in [-0.1, -0.05) is 48.5 Å². The van der Waals surface area contributed by atoms with E-state index in [1.54, 1.807) is 18.2 Å². The van der Waals surface area contributed by atoms with E-state index in [0.717, 1.165) is 58.3 Å². The zero-order chi connectivity index (χ0) is 26.1. The van der Waals surface area contributed by atoms with Gasteiger partial charge in [0.15, 0.2) is 0 Å². The maximum atomic E-state index is 13.9. The van der Waals surface area contributed by atoms with Crippen molar-refractivity contribution in [1.82, 2.24) is 15.2 Å². The van der Waals surface area contributed by atoms with Crippen LogP contribution in [0.5, 0.6) is 5.75 Å². The Morgan fingerprint density at radius 2 is 1.79 bits per heavy atom. The molecule has 1 N–H and O–H groups in total. The van der Waals surface area contributed by atoms with Crippen molar-refractivity contribution in [2.45, 2.75) is 44.1 Å². The van der Waals surface area contributed by atoms with Crippen molar-refractivity contribution in [2.24, 2.45) is 0 Å². The van der Waals surface area contributed by atoms with Gasteiger partial charge in [-0.15, -0.1) is 11.3 Å². The van der Waals surface area contributed by atoms with Gasteiger partial charge in [0.05, 0.1) is 9.88 Å². The number of hydrogen-bond donors (Lipinski definition) is 1. The second kappa shape index (κ2) is 10.5. The molecule has 0 bridgehead atoms. The van der Waals surface area contributed by atoms with Crippen LogP contribution in [-0.4, -0.2) is 41.0 Å². The summed E-state index contributed by atoms with van der Waals surface area (Å²) in [5.74, 6) is 0.451. The molecule has 6 rings (SSSR count). The average molecular weight is 530 g/mol. The number of thiazole rings is 1. The molecular weight excluding hydrogens is 501 g/mol. The average Bonchev–Trinajstić information content (AvgIpc) is 3.71. The highest BCUT2D eigenvalue weighted by molar-refractivity contribution is 7.15. The van der Waals surface area contributed by atoms with Gasteiger partial charge in [-0.25, -0.2) is 14.2 Å². The Bertz CT molecular complexity index is 1480. The van der Waals surface area contributed by atoms with Crippen LogP contribution in [0.3, 0.4) is 0 Å². The summed E-state index contributed by atoms with van der Waals surface area (Å²) in [6, 6.07) is 19.4. The van der Waals surface area contributed by atoms with E-state index in [0.29, 0.717) is 30.5 Å². The SMILES string of the molecule is O=C(NC[C@@H]1CCCCN1C(=O)c1nc(C2CC2)sc1-c1ccc(F)cc1)Oc1cccc2ccccc12. The van der Waals surface area contributed by atoms with Gasteiger partial charge in [-0.3, -0.25) is 4.79 Å². The second-order valence-electron chi connectivity index (χ2n) is 9.91. The van der Waals surface area contributed by atoms with E-state index in [9.17, 15) is 14.0 Å². The molecule has 2 amide bonds. The number of rotatable bonds is 6. The molecule has 3 aromatic carbocycles. The number of carbonyl (C=O) groups excluding carboxylic acids is 2. The molecule has 6 nitrogen and oxygen atoms in total. The number of fused-ring (bicyclic) bond motifs is 1. The molecule has 1 saturated carbocycles. The van der Waals surface area contributed by atoms with Crippen LogP contribution >= 0.6 is 11.3 Å². The zero-order valence-electron chi connectivity index (χ0n) is 20.9. The lowest BCUT2D eigenvalue weighted by Gasteiger charge is -2.35. The summed E-state index contributed by atoms with van der Waals surface area (Å²) in [6.07, 6.45) is 4.28. The van der Waals surface area contributed by atoms with Crippen molar-refractivity contribution in [3.05, 3.63) is 83.2 Å². The van der Waals surface area contributed by atoms with E-state index < -0.39 is 6.09 Å². The van der Waals surface area contributed by atoms with Gasteiger partial charge in [0.1, 0.15) is 17.3 Å². The monoisotopic (exact) mass is 529 g/mol. The molecule has 2 heterocycles. The first-order valence-electron chi connectivity index (χ1n) is 13.1. The van der Waals surface area contributed by atoms with Gasteiger partial charge < -0.3 is 15.0 Å². The Balaban J connectivity index is 1.18. The zero-order valence-corrected chi connectivity index (χ0v) is 21.7. The molecule has 1 aliphatic carbocycles. The minimum Gasteiger partial charge on any atom is -0.410 e. The van der Waals surface area contributed by atoms with E-state index in [2.05, 4.69) is 5.32 Å². The predicted octanol–water partition coefficient (Wildman–Crippen LogP) is 6.76. The van der Waals surface area contributed by atoms with Crippen LogP contribution < -0.4 is 10.1 Å². The van der Waals surface area contributed by atoms with Gasteiger partial charge >= 0.3 is 6.09 Å². The summed E-state index contributed by atoms with van der Waals surface area (Å²) in [5, 5.41) is 5.70. The summed E-state index contributed by atoms with van der Waals surface area (Å²) in [7, 11) is 0. The fraction of sp³-hybridized carbons (Fsp3) is 0.300. The number of likely N-dealkylation sites (tertiary alicyclic amines) is 1. The van der Waals surface area contributed by atoms with Crippen LogP contribution in [-0.2, 0) is 0 Å². The molecule has 38 heavy (non-hydrogen) atoms. The molecule has 2 fully saturated rings. The van der Waals surface area contributed by atoms with Gasteiger partial charge in [-0.05, 0) is 61.3 Å². The van der Waals surface area contributed by atoms with Crippen molar-refractivity contribution in [2.75, 3.05) is 13.1 Å². The van der Waals surface area contributed by atoms with Gasteiger partial charge in [0, 0.05) is 30.4 Å². The molecule has 194 valence electrons. The van der Waals surface area contributed by atoms with Crippen LogP contribution in [0.15, 0.2) is 66.7 Å². The lowest BCUT2D eigenvalue weighted by atomic mass is 10.0. The number of amides is 2. The molecule has 0 unspecified atom stereocenters. The minimum atomic E-state index is -0.545. The van der Waals surface area contributed by atoms with Crippen LogP contribution in [0.25, 0.3) is 21.2 Å². The number of halogens is 1. The largest absolute Gasteiger partial charge is 0.412 e. The molecule has 1 aromatic heterocycles. The molecular formula is C30H28FN3O3S. The summed E-state index contributed by atoms with van der Waals surface area (Å²) in [4.78, 5) is 34.0. The molecule has 8 heteroatoms. The number of piperidine rings is 1. The Hall–Kier alpha value is -3.78. The van der Waals surface area contributed by atoms with Crippen LogP contribution in [0.2, 0.25) is 0 Å². The van der Waals surface area contributed by atoms with E-state index in [1.807, 2.05) is 41.3 Å². The van der Waals surface area contributed by atoms with Crippen molar-refractivity contribution in [3.63, 3.8) is 0 Å². The highest BCUT2D eigenvalue weighted by atomic mass is 32.1. The highest BCUT2D eigenvalue weighted by Crippen LogP contribution is 2.45. The molecule has 1 atom stereocenters. The number of benzene rings is 3. The molecule has 0 radical (unpaired) electrons. The van der Waals surface area contributed by atoms with Crippen LogP contribution in [0.4, 0.5) is 9.18 Å². The first-order chi connectivity index (χ1) is 18.6. The van der Waals surface area contributed by atoms with E-state index in [1.165, 1.54) is 23.5 Å². The normalized spacial score (nSPS) is 17.4. The highest BCUT2D eigenvalue weighted by Gasteiger charge is 2.34. The second-order valence-corrected chi connectivity index (χ2v) is 10.9. The van der Waals surface area contributed by atoms with E-state index in [-0.39, 0.29) is 17.8 Å². The summed E-state index contributed by atoms with van der Waals surface area (Å²) >= 11 is 1.53. The smallest absolute Gasteiger partial charge is 0.410 e. The number of hydrogen-bond acceptors (Lipinski definition) is 5. The summed E-state index contributed by atoms with van der Waals surface area (Å²) in [6.45, 7) is 0.892. The molecule has 1 saturated heterocycles. The standard InChI is InChI=1S/C30H28FN3O3S/c31-22-15-13-20(14-16-22)27-26(33-28(38-27)21-11-12-21)29(35)34-17-4-3-8-23(34)18-32-30(36)37-25-10-5-7-19-6-1-2-9-24(19)25/h1-2,5-7,9-10,13-16,21,23H,3-4,8,11-12,17-18H2,(H,32,36)/t23-/m0/s1. The maximum absolute atomic E-state index is 13.9. The van der Waals surface area contributed by atoms with Gasteiger partial charge in [0.25, 0.3) is 5.91 Å². The maximum Gasteiger partial charge on any atom is 0.412 e. The number of nitrogens with one attached hydrogen (secondary N) is 1. The minimum absolute atomic E-state index is 0.138. The van der Waals surface area contributed by atoms with E-state index in [4.69, 9.17) is 9.72 Å². The lowest BCUT2D eigenvalue weighted by molar-refractivity contribution is 0.0607. The third-order valence-corrected chi connectivity index (χ3v) is 8.47.